The van der Waals surface area contributed by atoms with Gasteiger partial charge in [0.1, 0.15) is 5.82 Å². The Balaban J connectivity index is 1.58. The summed E-state index contributed by atoms with van der Waals surface area (Å²) in [7, 11) is 0. The number of benzene rings is 1. The van der Waals surface area contributed by atoms with Crippen molar-refractivity contribution < 1.29 is 4.79 Å². The van der Waals surface area contributed by atoms with Gasteiger partial charge in [-0.25, -0.2) is 9.67 Å². The van der Waals surface area contributed by atoms with Crippen LogP contribution in [0.25, 0.3) is 11.0 Å². The summed E-state index contributed by atoms with van der Waals surface area (Å²) in [5.74, 6) is 1.01. The van der Waals surface area contributed by atoms with Crippen molar-refractivity contribution in [1.82, 2.24) is 19.3 Å². The van der Waals surface area contributed by atoms with E-state index in [0.29, 0.717) is 18.2 Å². The predicted octanol–water partition coefficient (Wildman–Crippen LogP) is 3.19. The van der Waals surface area contributed by atoms with E-state index < -0.39 is 0 Å². The summed E-state index contributed by atoms with van der Waals surface area (Å²) in [4.78, 5) is 32.6. The van der Waals surface area contributed by atoms with Crippen LogP contribution in [0.3, 0.4) is 0 Å². The fourth-order valence-electron chi connectivity index (χ4n) is 3.96. The monoisotopic (exact) mass is 408 g/mol. The van der Waals surface area contributed by atoms with E-state index in [2.05, 4.69) is 20.3 Å². The summed E-state index contributed by atoms with van der Waals surface area (Å²) in [6.45, 7) is 6.01. The third-order valence-electron chi connectivity index (χ3n) is 5.48. The molecule has 1 aromatic carbocycles. The first-order chi connectivity index (χ1) is 14.5. The topological polar surface area (TPSA) is 85.0 Å². The summed E-state index contributed by atoms with van der Waals surface area (Å²) >= 11 is 0. The van der Waals surface area contributed by atoms with E-state index in [9.17, 15) is 9.59 Å². The van der Waals surface area contributed by atoms with Gasteiger partial charge in [0.15, 0.2) is 5.82 Å². The molecule has 3 heterocycles. The number of carbonyl (C=O) groups is 1. The van der Waals surface area contributed by atoms with E-state index in [4.69, 9.17) is 0 Å². The number of piperidine rings is 1. The summed E-state index contributed by atoms with van der Waals surface area (Å²) in [6, 6.07) is 9.54. The molecule has 1 fully saturated rings. The van der Waals surface area contributed by atoms with Crippen molar-refractivity contribution in [3.8, 4) is 0 Å². The minimum atomic E-state index is -0.148. The maximum atomic E-state index is 13.3. The zero-order chi connectivity index (χ0) is 21.1. The standard InChI is InChI=1S/C22H28N6O2/c1-16(2)28-19(10-12-23-28)25-20(29)11-15-27-18-9-5-4-8-17(18)24-21(22(27)30)26-13-6-3-7-14-26/h4-5,8-10,12,16H,3,6-7,11,13-15H2,1-2H3,(H,25,29). The first-order valence-corrected chi connectivity index (χ1v) is 10.6. The fourth-order valence-corrected chi connectivity index (χ4v) is 3.96. The highest BCUT2D eigenvalue weighted by molar-refractivity contribution is 5.90. The normalized spacial score (nSPS) is 14.4. The third kappa shape index (κ3) is 4.08. The van der Waals surface area contributed by atoms with Crippen molar-refractivity contribution in [2.75, 3.05) is 23.3 Å². The minimum absolute atomic E-state index is 0.129. The molecule has 1 saturated heterocycles. The highest BCUT2D eigenvalue weighted by Crippen LogP contribution is 2.19. The van der Waals surface area contributed by atoms with E-state index in [0.717, 1.165) is 37.0 Å². The Bertz CT molecular complexity index is 1090. The van der Waals surface area contributed by atoms with Crippen LogP contribution in [0.5, 0.6) is 0 Å². The molecule has 2 aromatic heterocycles. The number of aryl methyl sites for hydroxylation is 1. The molecule has 0 spiro atoms. The lowest BCUT2D eigenvalue weighted by Gasteiger charge is -2.27. The fraction of sp³-hybridized carbons (Fsp3) is 0.455. The molecule has 8 nitrogen and oxygen atoms in total. The number of fused-ring (bicyclic) bond motifs is 1. The molecule has 1 amide bonds. The molecule has 30 heavy (non-hydrogen) atoms. The average Bonchev–Trinajstić information content (AvgIpc) is 3.21. The number of anilines is 2. The first-order valence-electron chi connectivity index (χ1n) is 10.6. The van der Waals surface area contributed by atoms with Crippen molar-refractivity contribution in [2.45, 2.75) is 52.1 Å². The molecule has 0 bridgehead atoms. The lowest BCUT2D eigenvalue weighted by Crippen LogP contribution is -2.37. The molecule has 0 aliphatic carbocycles. The zero-order valence-corrected chi connectivity index (χ0v) is 17.5. The average molecular weight is 409 g/mol. The number of aromatic nitrogens is 4. The number of carbonyl (C=O) groups excluding carboxylic acids is 1. The molecule has 0 atom stereocenters. The van der Waals surface area contributed by atoms with Crippen molar-refractivity contribution in [3.05, 3.63) is 46.9 Å². The van der Waals surface area contributed by atoms with Crippen LogP contribution in [-0.2, 0) is 11.3 Å². The lowest BCUT2D eigenvalue weighted by molar-refractivity contribution is -0.116. The molecular formula is C22H28N6O2. The summed E-state index contributed by atoms with van der Waals surface area (Å²) in [5, 5.41) is 7.15. The minimum Gasteiger partial charge on any atom is -0.352 e. The van der Waals surface area contributed by atoms with Crippen molar-refractivity contribution in [2.24, 2.45) is 0 Å². The number of nitrogens with zero attached hydrogens (tertiary/aromatic N) is 5. The van der Waals surface area contributed by atoms with Gasteiger partial charge in [0.05, 0.1) is 17.2 Å². The van der Waals surface area contributed by atoms with Crippen LogP contribution in [-0.4, -0.2) is 38.3 Å². The molecule has 0 unspecified atom stereocenters. The first kappa shape index (κ1) is 20.1. The Kier molecular flexibility index (Phi) is 5.83. The number of para-hydroxylation sites is 2. The van der Waals surface area contributed by atoms with E-state index in [-0.39, 0.29) is 23.9 Å². The van der Waals surface area contributed by atoms with E-state index in [1.165, 1.54) is 6.42 Å². The number of hydrogen-bond donors (Lipinski definition) is 1. The van der Waals surface area contributed by atoms with Gasteiger partial charge in [-0.05, 0) is 45.2 Å². The second kappa shape index (κ2) is 8.69. The third-order valence-corrected chi connectivity index (χ3v) is 5.48. The maximum absolute atomic E-state index is 13.3. The Morgan fingerprint density at radius 3 is 2.67 bits per heavy atom. The smallest absolute Gasteiger partial charge is 0.294 e. The number of hydrogen-bond acceptors (Lipinski definition) is 5. The zero-order valence-electron chi connectivity index (χ0n) is 17.5. The highest BCUT2D eigenvalue weighted by atomic mass is 16.2. The van der Waals surface area contributed by atoms with Crippen molar-refractivity contribution >= 4 is 28.6 Å². The Hall–Kier alpha value is -3.16. The van der Waals surface area contributed by atoms with Crippen LogP contribution in [0.4, 0.5) is 11.6 Å². The Labute approximate surface area is 175 Å². The number of amides is 1. The molecule has 0 saturated carbocycles. The summed E-state index contributed by atoms with van der Waals surface area (Å²) < 4.78 is 3.45. The van der Waals surface area contributed by atoms with Crippen LogP contribution >= 0.6 is 0 Å². The summed E-state index contributed by atoms with van der Waals surface area (Å²) in [5.41, 5.74) is 1.40. The molecule has 8 heteroatoms. The molecule has 1 N–H and O–H groups in total. The van der Waals surface area contributed by atoms with Gasteiger partial charge in [-0.1, -0.05) is 12.1 Å². The van der Waals surface area contributed by atoms with Gasteiger partial charge < -0.3 is 14.8 Å². The predicted molar refractivity (Wildman–Crippen MR) is 118 cm³/mol. The van der Waals surface area contributed by atoms with Gasteiger partial charge in [-0.3, -0.25) is 9.59 Å². The van der Waals surface area contributed by atoms with E-state index in [1.807, 2.05) is 38.1 Å². The highest BCUT2D eigenvalue weighted by Gasteiger charge is 2.19. The van der Waals surface area contributed by atoms with Gasteiger partial charge in [-0.2, -0.15) is 5.10 Å². The largest absolute Gasteiger partial charge is 0.352 e. The molecule has 4 rings (SSSR count). The summed E-state index contributed by atoms with van der Waals surface area (Å²) in [6.07, 6.45) is 5.18. The van der Waals surface area contributed by atoms with Gasteiger partial charge >= 0.3 is 0 Å². The second-order valence-electron chi connectivity index (χ2n) is 7.98. The SMILES string of the molecule is CC(C)n1nccc1NC(=O)CCn1c(=O)c(N2CCCCC2)nc2ccccc21. The Morgan fingerprint density at radius 1 is 1.13 bits per heavy atom. The van der Waals surface area contributed by atoms with Gasteiger partial charge in [0.25, 0.3) is 5.56 Å². The van der Waals surface area contributed by atoms with Gasteiger partial charge in [-0.15, -0.1) is 0 Å². The molecule has 158 valence electrons. The van der Waals surface area contributed by atoms with Crippen LogP contribution in [0.2, 0.25) is 0 Å². The van der Waals surface area contributed by atoms with Crippen LogP contribution in [0.15, 0.2) is 41.3 Å². The van der Waals surface area contributed by atoms with Crippen molar-refractivity contribution in [3.63, 3.8) is 0 Å². The van der Waals surface area contributed by atoms with Crippen LogP contribution < -0.4 is 15.8 Å². The van der Waals surface area contributed by atoms with Crippen LogP contribution in [0.1, 0.15) is 45.6 Å². The molecule has 0 radical (unpaired) electrons. The van der Waals surface area contributed by atoms with E-state index in [1.54, 1.807) is 21.5 Å². The quantitative estimate of drug-likeness (QED) is 0.677. The molecular weight excluding hydrogens is 380 g/mol. The van der Waals surface area contributed by atoms with Crippen LogP contribution in [0, 0.1) is 0 Å². The van der Waals surface area contributed by atoms with Gasteiger partial charge in [0.2, 0.25) is 5.91 Å². The second-order valence-corrected chi connectivity index (χ2v) is 7.98. The Morgan fingerprint density at radius 2 is 1.90 bits per heavy atom. The lowest BCUT2D eigenvalue weighted by atomic mass is 10.1. The van der Waals surface area contributed by atoms with E-state index >= 15 is 0 Å². The van der Waals surface area contributed by atoms with Crippen molar-refractivity contribution in [1.29, 1.82) is 0 Å². The van der Waals surface area contributed by atoms with Gasteiger partial charge in [0, 0.05) is 38.2 Å². The molecule has 3 aromatic rings. The molecule has 1 aliphatic rings. The number of nitrogens with one attached hydrogen (secondary N) is 1. The molecule has 1 aliphatic heterocycles. The maximum Gasteiger partial charge on any atom is 0.294 e. The number of rotatable bonds is 6.